The molecule has 188 valence electrons. The van der Waals surface area contributed by atoms with Crippen LogP contribution in [0.3, 0.4) is 0 Å². The van der Waals surface area contributed by atoms with Gasteiger partial charge in [-0.25, -0.2) is 14.0 Å². The predicted molar refractivity (Wildman–Crippen MR) is 129 cm³/mol. The third-order valence-electron chi connectivity index (χ3n) is 5.64. The first kappa shape index (κ1) is 25.9. The minimum absolute atomic E-state index is 0.0803. The zero-order valence-corrected chi connectivity index (χ0v) is 20.6. The summed E-state index contributed by atoms with van der Waals surface area (Å²) < 4.78 is 24.1. The molecule has 0 aliphatic carbocycles. The summed E-state index contributed by atoms with van der Waals surface area (Å²) in [5.41, 5.74) is -0.467. The van der Waals surface area contributed by atoms with E-state index in [1.807, 2.05) is 4.90 Å². The maximum atomic E-state index is 13.7. The predicted octanol–water partition coefficient (Wildman–Crippen LogP) is 3.28. The van der Waals surface area contributed by atoms with Crippen molar-refractivity contribution in [1.29, 1.82) is 0 Å². The summed E-state index contributed by atoms with van der Waals surface area (Å²) in [5, 5.41) is 5.37. The molecule has 0 spiro atoms. The van der Waals surface area contributed by atoms with Crippen LogP contribution >= 0.6 is 0 Å². The molecule has 0 saturated carbocycles. The van der Waals surface area contributed by atoms with Crippen molar-refractivity contribution in [3.05, 3.63) is 47.9 Å². The number of methoxy groups -OCH3 is 1. The van der Waals surface area contributed by atoms with Gasteiger partial charge >= 0.3 is 12.1 Å². The van der Waals surface area contributed by atoms with Crippen LogP contribution in [0.4, 0.5) is 14.9 Å². The Morgan fingerprint density at radius 3 is 2.57 bits per heavy atom. The van der Waals surface area contributed by atoms with E-state index in [9.17, 15) is 18.8 Å². The number of nitrogens with zero attached hydrogens (tertiary/aromatic N) is 2. The van der Waals surface area contributed by atoms with Gasteiger partial charge in [-0.1, -0.05) is 12.1 Å². The van der Waals surface area contributed by atoms with Crippen molar-refractivity contribution < 1.29 is 28.2 Å². The number of rotatable bonds is 5. The lowest BCUT2D eigenvalue weighted by molar-refractivity contribution is -0.127. The summed E-state index contributed by atoms with van der Waals surface area (Å²) in [6, 6.07) is 7.43. The van der Waals surface area contributed by atoms with Crippen LogP contribution in [0.1, 0.15) is 44.0 Å². The number of carbonyl (C=O) groups excluding carboxylic acids is 3. The molecule has 0 bridgehead atoms. The lowest BCUT2D eigenvalue weighted by atomic mass is 9.87. The Morgan fingerprint density at radius 1 is 1.20 bits per heavy atom. The zero-order chi connectivity index (χ0) is 25.8. The van der Waals surface area contributed by atoms with E-state index in [0.29, 0.717) is 36.3 Å². The van der Waals surface area contributed by atoms with Crippen molar-refractivity contribution in [3.63, 3.8) is 0 Å². The number of halogens is 1. The van der Waals surface area contributed by atoms with Crippen molar-refractivity contribution in [3.8, 4) is 11.3 Å². The molecule has 3 rings (SSSR count). The van der Waals surface area contributed by atoms with Crippen molar-refractivity contribution in [1.82, 2.24) is 15.6 Å². The zero-order valence-electron chi connectivity index (χ0n) is 20.6. The number of hydrogen-bond donors (Lipinski definition) is 2. The van der Waals surface area contributed by atoms with Crippen molar-refractivity contribution in [2.75, 3.05) is 32.1 Å². The number of alkyl carbamates (subject to hydrolysis) is 1. The second kappa shape index (κ2) is 10.3. The van der Waals surface area contributed by atoms with E-state index >= 15 is 0 Å². The van der Waals surface area contributed by atoms with E-state index in [0.717, 1.165) is 0 Å². The Kier molecular flexibility index (Phi) is 7.62. The van der Waals surface area contributed by atoms with Gasteiger partial charge in [0, 0.05) is 19.2 Å². The second-order valence-corrected chi connectivity index (χ2v) is 9.40. The molecule has 1 aliphatic rings. The van der Waals surface area contributed by atoms with Gasteiger partial charge in [0.15, 0.2) is 0 Å². The standard InChI is InChI=1S/C25H31FN4O5/c1-24(2,3)35-23(33)29-25(22(32)27-4)10-7-11-30(15-25)20-14-28-19(13-18(20)21(31)34-5)16-8-6-9-17(26)12-16/h6,8-9,12-14H,7,10-11,15H2,1-5H3,(H,27,32)(H,29,33). The number of hydrogen-bond acceptors (Lipinski definition) is 7. The highest BCUT2D eigenvalue weighted by molar-refractivity contribution is 5.97. The molecule has 2 heterocycles. The number of anilines is 1. The summed E-state index contributed by atoms with van der Waals surface area (Å²) in [5.74, 6) is -1.40. The Balaban J connectivity index is 1.99. The number of carbonyl (C=O) groups is 3. The van der Waals surface area contributed by atoms with Crippen LogP contribution in [0.15, 0.2) is 36.5 Å². The number of pyridine rings is 1. The van der Waals surface area contributed by atoms with Crippen molar-refractivity contribution in [2.45, 2.75) is 44.8 Å². The fourth-order valence-corrected chi connectivity index (χ4v) is 4.12. The molecule has 35 heavy (non-hydrogen) atoms. The topological polar surface area (TPSA) is 110 Å². The van der Waals surface area contributed by atoms with Crippen molar-refractivity contribution in [2.24, 2.45) is 0 Å². The van der Waals surface area contributed by atoms with E-state index in [1.165, 1.54) is 38.6 Å². The number of piperidine rings is 1. The number of nitrogens with one attached hydrogen (secondary N) is 2. The van der Waals surface area contributed by atoms with Gasteiger partial charge < -0.3 is 25.0 Å². The highest BCUT2D eigenvalue weighted by Crippen LogP contribution is 2.31. The number of aromatic nitrogens is 1. The Labute approximate surface area is 204 Å². The molecule has 1 aromatic carbocycles. The third-order valence-corrected chi connectivity index (χ3v) is 5.64. The smallest absolute Gasteiger partial charge is 0.408 e. The van der Waals surface area contributed by atoms with E-state index in [1.54, 1.807) is 32.9 Å². The first-order chi connectivity index (χ1) is 16.5. The molecule has 10 heteroatoms. The summed E-state index contributed by atoms with van der Waals surface area (Å²) >= 11 is 0. The molecule has 1 aromatic heterocycles. The average Bonchev–Trinajstić information content (AvgIpc) is 2.81. The van der Waals surface area contributed by atoms with Gasteiger partial charge in [-0.15, -0.1) is 0 Å². The maximum Gasteiger partial charge on any atom is 0.408 e. The number of benzene rings is 1. The van der Waals surface area contributed by atoms with Crippen molar-refractivity contribution >= 4 is 23.7 Å². The molecular weight excluding hydrogens is 455 g/mol. The molecule has 1 aliphatic heterocycles. The van der Waals surface area contributed by atoms with Crippen LogP contribution < -0.4 is 15.5 Å². The molecule has 2 aromatic rings. The van der Waals surface area contributed by atoms with Crippen LogP contribution in [0.25, 0.3) is 11.3 Å². The summed E-state index contributed by atoms with van der Waals surface area (Å²) in [6.45, 7) is 5.80. The largest absolute Gasteiger partial charge is 0.465 e. The first-order valence-corrected chi connectivity index (χ1v) is 11.3. The minimum atomic E-state index is -1.29. The Morgan fingerprint density at radius 2 is 1.94 bits per heavy atom. The van der Waals surface area contributed by atoms with Gasteiger partial charge in [0.1, 0.15) is 17.0 Å². The SMILES string of the molecule is CNC(=O)C1(NC(=O)OC(C)(C)C)CCCN(c2cnc(-c3cccc(F)c3)cc2C(=O)OC)C1. The minimum Gasteiger partial charge on any atom is -0.465 e. The van der Waals surface area contributed by atoms with Gasteiger partial charge in [0.25, 0.3) is 0 Å². The highest BCUT2D eigenvalue weighted by atomic mass is 19.1. The number of amides is 2. The second-order valence-electron chi connectivity index (χ2n) is 9.40. The number of likely N-dealkylation sites (N-methyl/N-ethyl adjacent to an activating group) is 1. The molecule has 9 nitrogen and oxygen atoms in total. The molecule has 0 radical (unpaired) electrons. The third kappa shape index (κ3) is 6.06. The van der Waals surface area contributed by atoms with Gasteiger partial charge in [0.05, 0.1) is 36.8 Å². The van der Waals surface area contributed by atoms with E-state index in [4.69, 9.17) is 9.47 Å². The van der Waals surface area contributed by atoms with Crippen LogP contribution in [-0.4, -0.2) is 61.3 Å². The average molecular weight is 487 g/mol. The van der Waals surface area contributed by atoms with Crippen LogP contribution in [0, 0.1) is 5.82 Å². The van der Waals surface area contributed by atoms with E-state index in [-0.39, 0.29) is 18.0 Å². The Hall–Kier alpha value is -3.69. The summed E-state index contributed by atoms with van der Waals surface area (Å²) in [7, 11) is 2.76. The summed E-state index contributed by atoms with van der Waals surface area (Å²) in [6.07, 6.45) is 1.72. The van der Waals surface area contributed by atoms with Crippen LogP contribution in [0.2, 0.25) is 0 Å². The normalized spacial score (nSPS) is 17.9. The maximum absolute atomic E-state index is 13.7. The van der Waals surface area contributed by atoms with Crippen LogP contribution in [-0.2, 0) is 14.3 Å². The molecule has 2 amide bonds. The monoisotopic (exact) mass is 486 g/mol. The quantitative estimate of drug-likeness (QED) is 0.624. The van der Waals surface area contributed by atoms with E-state index in [2.05, 4.69) is 15.6 Å². The summed E-state index contributed by atoms with van der Waals surface area (Å²) in [4.78, 5) is 44.5. The van der Waals surface area contributed by atoms with E-state index < -0.39 is 29.0 Å². The molecule has 1 fully saturated rings. The molecule has 1 saturated heterocycles. The highest BCUT2D eigenvalue weighted by Gasteiger charge is 2.44. The van der Waals surface area contributed by atoms with Gasteiger partial charge in [-0.3, -0.25) is 9.78 Å². The molecule has 1 unspecified atom stereocenters. The lowest BCUT2D eigenvalue weighted by Gasteiger charge is -2.43. The van der Waals surface area contributed by atoms with Gasteiger partial charge in [0.2, 0.25) is 5.91 Å². The lowest BCUT2D eigenvalue weighted by Crippen LogP contribution is -2.66. The molecule has 1 atom stereocenters. The fourth-order valence-electron chi connectivity index (χ4n) is 4.12. The van der Waals surface area contributed by atoms with Crippen LogP contribution in [0.5, 0.6) is 0 Å². The fraction of sp³-hybridized carbons (Fsp3) is 0.440. The van der Waals surface area contributed by atoms with Gasteiger partial charge in [-0.2, -0.15) is 0 Å². The first-order valence-electron chi connectivity index (χ1n) is 11.3. The molecular formula is C25H31FN4O5. The van der Waals surface area contributed by atoms with Gasteiger partial charge in [-0.05, 0) is 51.8 Å². The molecule has 2 N–H and O–H groups in total. The Bertz CT molecular complexity index is 1120. The number of ether oxygens (including phenoxy) is 2. The number of esters is 1.